The number of nitrogens with one attached hydrogen (secondary N) is 1. The number of aryl methyl sites for hydroxylation is 1. The second-order valence-corrected chi connectivity index (χ2v) is 8.14. The van der Waals surface area contributed by atoms with Gasteiger partial charge in [-0.2, -0.15) is 0 Å². The first-order valence-corrected chi connectivity index (χ1v) is 10.6. The number of hydrogen-bond acceptors (Lipinski definition) is 3. The smallest absolute Gasteiger partial charge is 0.317 e. The Bertz CT molecular complexity index is 780. The number of benzene rings is 2. The largest absolute Gasteiger partial charge is 0.338 e. The van der Waals surface area contributed by atoms with Gasteiger partial charge in [0.2, 0.25) is 5.91 Å². The van der Waals surface area contributed by atoms with Gasteiger partial charge in [-0.15, -0.1) is 11.8 Å². The predicted octanol–water partition coefficient (Wildman–Crippen LogP) is 3.53. The van der Waals surface area contributed by atoms with Crippen molar-refractivity contribution in [1.29, 1.82) is 0 Å². The molecule has 1 aliphatic heterocycles. The number of rotatable bonds is 7. The van der Waals surface area contributed by atoms with Crippen LogP contribution in [0, 0.1) is 6.92 Å². The summed E-state index contributed by atoms with van der Waals surface area (Å²) in [5, 5.41) is 2.93. The van der Waals surface area contributed by atoms with Crippen LogP contribution in [0.4, 0.5) is 4.79 Å². The molecule has 0 bridgehead atoms. The topological polar surface area (TPSA) is 52.6 Å². The molecule has 6 heteroatoms. The number of thioether (sulfide) groups is 1. The van der Waals surface area contributed by atoms with Crippen LogP contribution in [0.1, 0.15) is 17.5 Å². The highest BCUT2D eigenvalue weighted by molar-refractivity contribution is 7.99. The van der Waals surface area contributed by atoms with Crippen molar-refractivity contribution in [2.45, 2.75) is 24.8 Å². The van der Waals surface area contributed by atoms with E-state index in [1.165, 1.54) is 10.5 Å². The number of carbonyl (C=O) groups is 2. The Labute approximate surface area is 171 Å². The van der Waals surface area contributed by atoms with Crippen molar-refractivity contribution < 1.29 is 9.59 Å². The predicted molar refractivity (Wildman–Crippen MR) is 113 cm³/mol. The van der Waals surface area contributed by atoms with Gasteiger partial charge in [0.25, 0.3) is 0 Å². The van der Waals surface area contributed by atoms with Gasteiger partial charge in [0.1, 0.15) is 6.54 Å². The monoisotopic (exact) mass is 397 g/mol. The van der Waals surface area contributed by atoms with Crippen LogP contribution >= 0.6 is 11.8 Å². The van der Waals surface area contributed by atoms with Crippen molar-refractivity contribution in [1.82, 2.24) is 15.1 Å². The summed E-state index contributed by atoms with van der Waals surface area (Å²) < 4.78 is 0. The fourth-order valence-corrected chi connectivity index (χ4v) is 3.92. The van der Waals surface area contributed by atoms with E-state index in [0.29, 0.717) is 26.2 Å². The number of hydrogen-bond donors (Lipinski definition) is 1. The Balaban J connectivity index is 1.35. The summed E-state index contributed by atoms with van der Waals surface area (Å²) in [6.45, 7) is 4.57. The molecule has 0 unspecified atom stereocenters. The summed E-state index contributed by atoms with van der Waals surface area (Å²) in [6, 6.07) is 18.3. The quantitative estimate of drug-likeness (QED) is 0.574. The van der Waals surface area contributed by atoms with Gasteiger partial charge in [-0.05, 0) is 36.8 Å². The van der Waals surface area contributed by atoms with E-state index in [-0.39, 0.29) is 18.5 Å². The molecule has 0 saturated carbocycles. The van der Waals surface area contributed by atoms with Gasteiger partial charge in [0.15, 0.2) is 0 Å². The fraction of sp³-hybridized carbons (Fsp3) is 0.364. The number of amides is 3. The van der Waals surface area contributed by atoms with Crippen molar-refractivity contribution in [2.24, 2.45) is 0 Å². The van der Waals surface area contributed by atoms with E-state index >= 15 is 0 Å². The van der Waals surface area contributed by atoms with Gasteiger partial charge in [0, 0.05) is 31.1 Å². The Kier molecular flexibility index (Phi) is 7.37. The zero-order valence-electron chi connectivity index (χ0n) is 16.3. The first-order valence-electron chi connectivity index (χ1n) is 9.66. The maximum atomic E-state index is 12.4. The first kappa shape index (κ1) is 20.3. The summed E-state index contributed by atoms with van der Waals surface area (Å²) in [5.74, 6) is 0.953. The third kappa shape index (κ3) is 6.02. The maximum absolute atomic E-state index is 12.4. The van der Waals surface area contributed by atoms with Gasteiger partial charge in [0.05, 0.1) is 0 Å². The molecule has 1 fully saturated rings. The molecule has 0 aliphatic carbocycles. The van der Waals surface area contributed by atoms with Gasteiger partial charge in [-0.25, -0.2) is 4.79 Å². The molecule has 0 spiro atoms. The van der Waals surface area contributed by atoms with Gasteiger partial charge >= 0.3 is 6.03 Å². The highest BCUT2D eigenvalue weighted by Gasteiger charge is 2.26. The SMILES string of the molecule is Cc1ccc(CN2CCN(C(=O)NCCCSc3ccccc3)CC2=O)cc1. The van der Waals surface area contributed by atoms with Crippen molar-refractivity contribution in [2.75, 3.05) is 31.9 Å². The molecular weight excluding hydrogens is 370 g/mol. The Morgan fingerprint density at radius 1 is 1.07 bits per heavy atom. The van der Waals surface area contributed by atoms with Gasteiger partial charge < -0.3 is 15.1 Å². The number of nitrogens with zero attached hydrogens (tertiary/aromatic N) is 2. The van der Waals surface area contributed by atoms with Crippen molar-refractivity contribution in [3.05, 3.63) is 65.7 Å². The summed E-state index contributed by atoms with van der Waals surface area (Å²) in [6.07, 6.45) is 0.895. The standard InChI is InChI=1S/C22H27N3O2S/c1-18-8-10-19(11-9-18)16-24-13-14-25(17-21(24)26)22(27)23-12-5-15-28-20-6-3-2-4-7-20/h2-4,6-11H,5,12-17H2,1H3,(H,23,27). The zero-order chi connectivity index (χ0) is 19.8. The molecule has 5 nitrogen and oxygen atoms in total. The number of urea groups is 1. The molecule has 1 N–H and O–H groups in total. The van der Waals surface area contributed by atoms with E-state index in [9.17, 15) is 9.59 Å². The summed E-state index contributed by atoms with van der Waals surface area (Å²) >= 11 is 1.78. The van der Waals surface area contributed by atoms with Crippen LogP contribution in [0.25, 0.3) is 0 Å². The molecule has 28 heavy (non-hydrogen) atoms. The summed E-state index contributed by atoms with van der Waals surface area (Å²) in [7, 11) is 0. The number of carbonyl (C=O) groups excluding carboxylic acids is 2. The molecule has 1 heterocycles. The van der Waals surface area contributed by atoms with Crippen LogP contribution in [0.5, 0.6) is 0 Å². The molecular formula is C22H27N3O2S. The minimum Gasteiger partial charge on any atom is -0.338 e. The molecule has 2 aromatic rings. The molecule has 0 radical (unpaired) electrons. The average Bonchev–Trinajstić information content (AvgIpc) is 2.71. The highest BCUT2D eigenvalue weighted by Crippen LogP contribution is 2.17. The fourth-order valence-electron chi connectivity index (χ4n) is 3.05. The highest BCUT2D eigenvalue weighted by atomic mass is 32.2. The Morgan fingerprint density at radius 2 is 1.82 bits per heavy atom. The summed E-state index contributed by atoms with van der Waals surface area (Å²) in [4.78, 5) is 29.4. The lowest BCUT2D eigenvalue weighted by Crippen LogP contribution is -2.54. The zero-order valence-corrected chi connectivity index (χ0v) is 17.1. The van der Waals surface area contributed by atoms with Crippen LogP contribution in [-0.4, -0.2) is 53.7 Å². The van der Waals surface area contributed by atoms with E-state index in [1.54, 1.807) is 16.7 Å². The van der Waals surface area contributed by atoms with Gasteiger partial charge in [-0.3, -0.25) is 4.79 Å². The minimum absolute atomic E-state index is 0.00149. The molecule has 3 rings (SSSR count). The molecule has 1 saturated heterocycles. The summed E-state index contributed by atoms with van der Waals surface area (Å²) in [5.41, 5.74) is 2.33. The normalized spacial score (nSPS) is 14.2. The van der Waals surface area contributed by atoms with Crippen LogP contribution in [0.2, 0.25) is 0 Å². The number of piperazine rings is 1. The third-order valence-corrected chi connectivity index (χ3v) is 5.81. The van der Waals surface area contributed by atoms with E-state index in [1.807, 2.05) is 30.0 Å². The van der Waals surface area contributed by atoms with Crippen LogP contribution in [0.15, 0.2) is 59.5 Å². The van der Waals surface area contributed by atoms with Crippen molar-refractivity contribution in [3.63, 3.8) is 0 Å². The van der Waals surface area contributed by atoms with E-state index in [2.05, 4.69) is 41.7 Å². The van der Waals surface area contributed by atoms with Crippen LogP contribution in [-0.2, 0) is 11.3 Å². The molecule has 3 amide bonds. The lowest BCUT2D eigenvalue weighted by atomic mass is 10.1. The lowest BCUT2D eigenvalue weighted by Gasteiger charge is -2.34. The van der Waals surface area contributed by atoms with Gasteiger partial charge in [-0.1, -0.05) is 48.0 Å². The second-order valence-electron chi connectivity index (χ2n) is 6.97. The second kappa shape index (κ2) is 10.2. The lowest BCUT2D eigenvalue weighted by molar-refractivity contribution is -0.135. The molecule has 0 aromatic heterocycles. The van der Waals surface area contributed by atoms with Crippen molar-refractivity contribution in [3.8, 4) is 0 Å². The molecule has 148 valence electrons. The van der Waals surface area contributed by atoms with E-state index in [4.69, 9.17) is 0 Å². The van der Waals surface area contributed by atoms with Crippen LogP contribution < -0.4 is 5.32 Å². The Morgan fingerprint density at radius 3 is 2.54 bits per heavy atom. The van der Waals surface area contributed by atoms with Crippen molar-refractivity contribution >= 4 is 23.7 Å². The maximum Gasteiger partial charge on any atom is 0.317 e. The van der Waals surface area contributed by atoms with E-state index < -0.39 is 0 Å². The first-order chi connectivity index (χ1) is 13.6. The molecule has 0 atom stereocenters. The molecule has 2 aromatic carbocycles. The van der Waals surface area contributed by atoms with E-state index in [0.717, 1.165) is 17.7 Å². The third-order valence-electron chi connectivity index (χ3n) is 4.71. The molecule has 1 aliphatic rings. The Hall–Kier alpha value is -2.47. The van der Waals surface area contributed by atoms with Crippen LogP contribution in [0.3, 0.4) is 0 Å². The minimum atomic E-state index is -0.145. The average molecular weight is 398 g/mol.